The summed E-state index contributed by atoms with van der Waals surface area (Å²) in [5, 5.41) is 0. The Balaban J connectivity index is 3.30. The van der Waals surface area contributed by atoms with Crippen LogP contribution in [0.5, 0.6) is 5.75 Å². The van der Waals surface area contributed by atoms with Gasteiger partial charge in [0.2, 0.25) is 0 Å². The standard InChI is InChI=1S/C10H16N2O/c1-6-4-7(2)9(10(11)12)8(5-6)13-3/h4-5,10H,11-12H2,1-3H3. The molecule has 0 radical (unpaired) electrons. The fraction of sp³-hybridized carbons (Fsp3) is 0.400. The Morgan fingerprint density at radius 1 is 1.23 bits per heavy atom. The van der Waals surface area contributed by atoms with Crippen molar-refractivity contribution in [2.75, 3.05) is 7.11 Å². The van der Waals surface area contributed by atoms with E-state index in [9.17, 15) is 0 Å². The number of benzene rings is 1. The maximum absolute atomic E-state index is 5.64. The molecule has 4 N–H and O–H groups in total. The summed E-state index contributed by atoms with van der Waals surface area (Å²) in [5.41, 5.74) is 14.4. The van der Waals surface area contributed by atoms with Crippen molar-refractivity contribution in [1.29, 1.82) is 0 Å². The second kappa shape index (κ2) is 3.77. The third kappa shape index (κ3) is 1.99. The van der Waals surface area contributed by atoms with Gasteiger partial charge in [-0.05, 0) is 31.0 Å². The zero-order valence-corrected chi connectivity index (χ0v) is 8.29. The minimum atomic E-state index is -0.476. The average molecular weight is 180 g/mol. The molecule has 0 aliphatic heterocycles. The largest absolute Gasteiger partial charge is 0.496 e. The van der Waals surface area contributed by atoms with Gasteiger partial charge in [-0.1, -0.05) is 6.07 Å². The van der Waals surface area contributed by atoms with E-state index in [1.165, 1.54) is 0 Å². The molecule has 0 saturated heterocycles. The molecule has 13 heavy (non-hydrogen) atoms. The minimum absolute atomic E-state index is 0.476. The molecular weight excluding hydrogens is 164 g/mol. The zero-order valence-electron chi connectivity index (χ0n) is 8.29. The summed E-state index contributed by atoms with van der Waals surface area (Å²) in [6.07, 6.45) is -0.476. The third-order valence-corrected chi connectivity index (χ3v) is 2.05. The van der Waals surface area contributed by atoms with Crippen molar-refractivity contribution in [3.8, 4) is 5.75 Å². The minimum Gasteiger partial charge on any atom is -0.496 e. The SMILES string of the molecule is COc1cc(C)cc(C)c1C(N)N. The summed E-state index contributed by atoms with van der Waals surface area (Å²) in [6, 6.07) is 3.99. The predicted molar refractivity (Wildman–Crippen MR) is 53.6 cm³/mol. The highest BCUT2D eigenvalue weighted by Gasteiger charge is 2.11. The predicted octanol–water partition coefficient (Wildman–Crippen LogP) is 1.23. The second-order valence-electron chi connectivity index (χ2n) is 3.22. The average Bonchev–Trinajstić information content (AvgIpc) is 2.01. The monoisotopic (exact) mass is 180 g/mol. The highest BCUT2D eigenvalue weighted by molar-refractivity contribution is 5.44. The van der Waals surface area contributed by atoms with E-state index in [1.54, 1.807) is 7.11 Å². The fourth-order valence-corrected chi connectivity index (χ4v) is 1.54. The Hall–Kier alpha value is -1.06. The molecule has 0 spiro atoms. The normalized spacial score (nSPS) is 10.6. The van der Waals surface area contributed by atoms with Crippen LogP contribution in [0.4, 0.5) is 0 Å². The van der Waals surface area contributed by atoms with E-state index >= 15 is 0 Å². The number of ether oxygens (including phenoxy) is 1. The molecular formula is C10H16N2O. The molecule has 0 fully saturated rings. The molecule has 0 atom stereocenters. The smallest absolute Gasteiger partial charge is 0.125 e. The number of methoxy groups -OCH3 is 1. The molecule has 0 aliphatic carbocycles. The van der Waals surface area contributed by atoms with Crippen molar-refractivity contribution in [3.63, 3.8) is 0 Å². The zero-order chi connectivity index (χ0) is 10.0. The van der Waals surface area contributed by atoms with Gasteiger partial charge in [-0.3, -0.25) is 0 Å². The number of rotatable bonds is 2. The van der Waals surface area contributed by atoms with Crippen LogP contribution >= 0.6 is 0 Å². The molecule has 0 amide bonds. The van der Waals surface area contributed by atoms with Crippen molar-refractivity contribution in [2.24, 2.45) is 11.5 Å². The molecule has 0 saturated carbocycles. The van der Waals surface area contributed by atoms with Crippen LogP contribution in [-0.4, -0.2) is 7.11 Å². The number of hydrogen-bond donors (Lipinski definition) is 2. The van der Waals surface area contributed by atoms with Crippen LogP contribution in [0.15, 0.2) is 12.1 Å². The Labute approximate surface area is 78.7 Å². The first-order valence-electron chi connectivity index (χ1n) is 4.22. The summed E-state index contributed by atoms with van der Waals surface area (Å²) in [7, 11) is 1.63. The molecule has 0 bridgehead atoms. The molecule has 1 aromatic rings. The van der Waals surface area contributed by atoms with Crippen LogP contribution in [0.2, 0.25) is 0 Å². The Morgan fingerprint density at radius 2 is 1.85 bits per heavy atom. The number of hydrogen-bond acceptors (Lipinski definition) is 3. The topological polar surface area (TPSA) is 61.3 Å². The van der Waals surface area contributed by atoms with Crippen LogP contribution in [0.25, 0.3) is 0 Å². The molecule has 3 heteroatoms. The van der Waals surface area contributed by atoms with Crippen LogP contribution in [0, 0.1) is 13.8 Å². The van der Waals surface area contributed by atoms with Crippen LogP contribution in [-0.2, 0) is 0 Å². The molecule has 3 nitrogen and oxygen atoms in total. The lowest BCUT2D eigenvalue weighted by Gasteiger charge is -2.15. The maximum Gasteiger partial charge on any atom is 0.125 e. The number of nitrogens with two attached hydrogens (primary N) is 2. The van der Waals surface area contributed by atoms with E-state index in [0.29, 0.717) is 0 Å². The van der Waals surface area contributed by atoms with Gasteiger partial charge in [-0.2, -0.15) is 0 Å². The summed E-state index contributed by atoms with van der Waals surface area (Å²) >= 11 is 0. The van der Waals surface area contributed by atoms with Gasteiger partial charge in [-0.25, -0.2) is 0 Å². The molecule has 0 aliphatic rings. The lowest BCUT2D eigenvalue weighted by Crippen LogP contribution is -2.22. The molecule has 0 heterocycles. The number of aryl methyl sites for hydroxylation is 2. The molecule has 72 valence electrons. The van der Waals surface area contributed by atoms with Gasteiger partial charge in [0.25, 0.3) is 0 Å². The molecule has 1 aromatic carbocycles. The Kier molecular flexibility index (Phi) is 2.90. The summed E-state index contributed by atoms with van der Waals surface area (Å²) < 4.78 is 5.21. The van der Waals surface area contributed by atoms with Gasteiger partial charge < -0.3 is 16.2 Å². The van der Waals surface area contributed by atoms with Gasteiger partial charge in [0.15, 0.2) is 0 Å². The van der Waals surface area contributed by atoms with Gasteiger partial charge in [-0.15, -0.1) is 0 Å². The van der Waals surface area contributed by atoms with E-state index in [1.807, 2.05) is 26.0 Å². The second-order valence-corrected chi connectivity index (χ2v) is 3.22. The van der Waals surface area contributed by atoms with E-state index in [0.717, 1.165) is 22.4 Å². The highest BCUT2D eigenvalue weighted by atomic mass is 16.5. The van der Waals surface area contributed by atoms with E-state index < -0.39 is 6.17 Å². The lowest BCUT2D eigenvalue weighted by molar-refractivity contribution is 0.405. The highest BCUT2D eigenvalue weighted by Crippen LogP contribution is 2.26. The molecule has 1 rings (SSSR count). The quantitative estimate of drug-likeness (QED) is 0.673. The fourth-order valence-electron chi connectivity index (χ4n) is 1.54. The van der Waals surface area contributed by atoms with Crippen molar-refractivity contribution in [2.45, 2.75) is 20.0 Å². The molecule has 0 unspecified atom stereocenters. The van der Waals surface area contributed by atoms with Crippen LogP contribution in [0.1, 0.15) is 22.9 Å². The van der Waals surface area contributed by atoms with Gasteiger partial charge in [0.1, 0.15) is 5.75 Å². The van der Waals surface area contributed by atoms with E-state index in [2.05, 4.69) is 0 Å². The summed E-state index contributed by atoms with van der Waals surface area (Å²) in [6.45, 7) is 4.00. The third-order valence-electron chi connectivity index (χ3n) is 2.05. The van der Waals surface area contributed by atoms with Gasteiger partial charge in [0.05, 0.1) is 13.3 Å². The summed E-state index contributed by atoms with van der Waals surface area (Å²) in [5.74, 6) is 0.771. The van der Waals surface area contributed by atoms with Crippen molar-refractivity contribution in [3.05, 3.63) is 28.8 Å². The Morgan fingerprint density at radius 3 is 2.31 bits per heavy atom. The summed E-state index contributed by atoms with van der Waals surface area (Å²) in [4.78, 5) is 0. The molecule has 0 aromatic heterocycles. The first kappa shape index (κ1) is 10.0. The van der Waals surface area contributed by atoms with Crippen molar-refractivity contribution >= 4 is 0 Å². The lowest BCUT2D eigenvalue weighted by atomic mass is 10.0. The van der Waals surface area contributed by atoms with Crippen LogP contribution < -0.4 is 16.2 Å². The first-order chi connectivity index (χ1) is 6.06. The van der Waals surface area contributed by atoms with E-state index in [-0.39, 0.29) is 0 Å². The van der Waals surface area contributed by atoms with Crippen molar-refractivity contribution in [1.82, 2.24) is 0 Å². The first-order valence-corrected chi connectivity index (χ1v) is 4.22. The maximum atomic E-state index is 5.64. The van der Waals surface area contributed by atoms with Crippen LogP contribution in [0.3, 0.4) is 0 Å². The Bertz CT molecular complexity index is 308. The van der Waals surface area contributed by atoms with Gasteiger partial charge >= 0.3 is 0 Å². The van der Waals surface area contributed by atoms with E-state index in [4.69, 9.17) is 16.2 Å². The van der Waals surface area contributed by atoms with Crippen molar-refractivity contribution < 1.29 is 4.74 Å². The van der Waals surface area contributed by atoms with Gasteiger partial charge in [0, 0.05) is 5.56 Å².